The number of hydrogen-bond donors (Lipinski definition) is 1. The highest BCUT2D eigenvalue weighted by molar-refractivity contribution is 5.80. The van der Waals surface area contributed by atoms with E-state index >= 15 is 0 Å². The van der Waals surface area contributed by atoms with Crippen molar-refractivity contribution in [2.75, 3.05) is 0 Å². The van der Waals surface area contributed by atoms with Crippen LogP contribution in [-0.4, -0.2) is 4.98 Å². The fraction of sp³-hybridized carbons (Fsp3) is 0.450. The summed E-state index contributed by atoms with van der Waals surface area (Å²) in [5.74, 6) is 0. The van der Waals surface area contributed by atoms with Gasteiger partial charge < -0.3 is 4.98 Å². The maximum Gasteiger partial charge on any atom is 0.193 e. The Balaban J connectivity index is 2.11. The number of H-pyrrole nitrogens is 1. The zero-order valence-corrected chi connectivity index (χ0v) is 13.8. The number of aromatic nitrogens is 1. The monoisotopic (exact) mass is 297 g/mol. The van der Waals surface area contributed by atoms with Crippen LogP contribution in [0.25, 0.3) is 17.0 Å². The molecule has 2 aromatic rings. The van der Waals surface area contributed by atoms with Crippen LogP contribution in [0.15, 0.2) is 35.1 Å². The third-order valence-electron chi connectivity index (χ3n) is 4.15. The lowest BCUT2D eigenvalue weighted by atomic mass is 10.0. The minimum atomic E-state index is 0.166. The highest BCUT2D eigenvalue weighted by Crippen LogP contribution is 2.14. The van der Waals surface area contributed by atoms with E-state index in [-0.39, 0.29) is 5.43 Å². The molecule has 118 valence electrons. The van der Waals surface area contributed by atoms with Crippen molar-refractivity contribution < 1.29 is 0 Å². The quantitative estimate of drug-likeness (QED) is 0.644. The zero-order chi connectivity index (χ0) is 15.8. The first kappa shape index (κ1) is 16.5. The van der Waals surface area contributed by atoms with Crippen LogP contribution in [0.4, 0.5) is 0 Å². The number of allylic oxidation sites excluding steroid dienone is 1. The molecule has 0 spiro atoms. The lowest BCUT2D eigenvalue weighted by molar-refractivity contribution is 0.638. The third-order valence-corrected chi connectivity index (χ3v) is 4.15. The number of para-hydroxylation sites is 1. The molecule has 0 radical (unpaired) electrons. The Kier molecular flexibility index (Phi) is 6.45. The van der Waals surface area contributed by atoms with Crippen molar-refractivity contribution in [2.45, 2.75) is 58.8 Å². The summed E-state index contributed by atoms with van der Waals surface area (Å²) in [5.41, 5.74) is 2.95. The van der Waals surface area contributed by atoms with Crippen molar-refractivity contribution >= 4 is 17.0 Å². The predicted octanol–water partition coefficient (Wildman–Crippen LogP) is 5.46. The summed E-state index contributed by atoms with van der Waals surface area (Å²) >= 11 is 0. The Morgan fingerprint density at radius 2 is 1.82 bits per heavy atom. The molecule has 0 atom stereocenters. The molecular weight excluding hydrogens is 270 g/mol. The topological polar surface area (TPSA) is 32.9 Å². The van der Waals surface area contributed by atoms with Gasteiger partial charge in [0, 0.05) is 22.2 Å². The number of hydrogen-bond acceptors (Lipinski definition) is 1. The highest BCUT2D eigenvalue weighted by atomic mass is 16.1. The summed E-state index contributed by atoms with van der Waals surface area (Å²) in [5, 5.41) is 0.788. The number of rotatable bonds is 8. The molecule has 0 aliphatic heterocycles. The van der Waals surface area contributed by atoms with Gasteiger partial charge in [-0.3, -0.25) is 4.79 Å². The van der Waals surface area contributed by atoms with Crippen LogP contribution in [0.1, 0.15) is 63.6 Å². The van der Waals surface area contributed by atoms with Crippen LogP contribution in [0.3, 0.4) is 0 Å². The third kappa shape index (κ3) is 4.09. The van der Waals surface area contributed by atoms with Gasteiger partial charge in [-0.15, -0.1) is 0 Å². The van der Waals surface area contributed by atoms with Crippen molar-refractivity contribution in [2.24, 2.45) is 0 Å². The van der Waals surface area contributed by atoms with Gasteiger partial charge in [0.1, 0.15) is 0 Å². The molecule has 0 aliphatic rings. The van der Waals surface area contributed by atoms with Gasteiger partial charge in [-0.05, 0) is 37.5 Å². The van der Waals surface area contributed by atoms with E-state index in [1.807, 2.05) is 31.2 Å². The average Bonchev–Trinajstić information content (AvgIpc) is 2.54. The first-order valence-corrected chi connectivity index (χ1v) is 8.58. The standard InChI is InChI=1S/C20H27NO/c1-3-5-6-7-8-9-10-14-18-16(4-2)20(22)17-13-11-12-15-19(17)21-18/h10-15H,3-9H2,1-2H3,(H,21,22)/b14-10+. The maximum atomic E-state index is 12.5. The van der Waals surface area contributed by atoms with E-state index in [2.05, 4.69) is 24.1 Å². The van der Waals surface area contributed by atoms with Gasteiger partial charge in [0.05, 0.1) is 0 Å². The molecule has 2 heteroatoms. The second-order valence-corrected chi connectivity index (χ2v) is 5.85. The van der Waals surface area contributed by atoms with Gasteiger partial charge in [0.2, 0.25) is 0 Å². The minimum Gasteiger partial charge on any atom is -0.355 e. The largest absolute Gasteiger partial charge is 0.355 e. The Hall–Kier alpha value is -1.83. The minimum absolute atomic E-state index is 0.166. The highest BCUT2D eigenvalue weighted by Gasteiger charge is 2.07. The fourth-order valence-corrected chi connectivity index (χ4v) is 2.86. The van der Waals surface area contributed by atoms with E-state index in [4.69, 9.17) is 0 Å². The summed E-state index contributed by atoms with van der Waals surface area (Å²) in [7, 11) is 0. The number of nitrogens with one attached hydrogen (secondary N) is 1. The molecule has 1 aromatic heterocycles. The molecular formula is C20H27NO. The van der Waals surface area contributed by atoms with E-state index in [0.717, 1.165) is 35.0 Å². The Labute approximate surface area is 133 Å². The Morgan fingerprint density at radius 3 is 2.59 bits per heavy atom. The molecule has 0 aliphatic carbocycles. The molecule has 2 nitrogen and oxygen atoms in total. The lowest BCUT2D eigenvalue weighted by Crippen LogP contribution is -2.12. The van der Waals surface area contributed by atoms with Gasteiger partial charge in [0.15, 0.2) is 5.43 Å². The molecule has 0 fully saturated rings. The molecule has 0 amide bonds. The van der Waals surface area contributed by atoms with Gasteiger partial charge >= 0.3 is 0 Å². The van der Waals surface area contributed by atoms with Crippen LogP contribution in [0, 0.1) is 0 Å². The van der Waals surface area contributed by atoms with Crippen molar-refractivity contribution in [3.63, 3.8) is 0 Å². The molecule has 22 heavy (non-hydrogen) atoms. The van der Waals surface area contributed by atoms with Crippen LogP contribution in [0.5, 0.6) is 0 Å². The van der Waals surface area contributed by atoms with Gasteiger partial charge in [0.25, 0.3) is 0 Å². The lowest BCUT2D eigenvalue weighted by Gasteiger charge is -2.06. The SMILES string of the molecule is CCCCCCC/C=C/c1[nH]c2ccccc2c(=O)c1CC. The normalized spacial score (nSPS) is 11.5. The first-order valence-electron chi connectivity index (χ1n) is 8.58. The van der Waals surface area contributed by atoms with Crippen LogP contribution >= 0.6 is 0 Å². The first-order chi connectivity index (χ1) is 10.8. The van der Waals surface area contributed by atoms with Crippen molar-refractivity contribution in [1.82, 2.24) is 4.98 Å². The van der Waals surface area contributed by atoms with Crippen LogP contribution < -0.4 is 5.43 Å². The average molecular weight is 297 g/mol. The number of benzene rings is 1. The van der Waals surface area contributed by atoms with E-state index in [1.165, 1.54) is 32.1 Å². The van der Waals surface area contributed by atoms with Crippen molar-refractivity contribution in [3.05, 3.63) is 51.8 Å². The molecule has 0 bridgehead atoms. The predicted molar refractivity (Wildman–Crippen MR) is 96.4 cm³/mol. The number of fused-ring (bicyclic) bond motifs is 1. The van der Waals surface area contributed by atoms with Gasteiger partial charge in [-0.25, -0.2) is 0 Å². The molecule has 2 rings (SSSR count). The smallest absolute Gasteiger partial charge is 0.193 e. The zero-order valence-electron chi connectivity index (χ0n) is 13.8. The molecule has 1 aromatic carbocycles. The summed E-state index contributed by atoms with van der Waals surface area (Å²) in [6.07, 6.45) is 12.6. The number of pyridine rings is 1. The summed E-state index contributed by atoms with van der Waals surface area (Å²) in [4.78, 5) is 15.9. The molecule has 1 N–H and O–H groups in total. The van der Waals surface area contributed by atoms with Gasteiger partial charge in [-0.2, -0.15) is 0 Å². The van der Waals surface area contributed by atoms with E-state index in [0.29, 0.717) is 0 Å². The van der Waals surface area contributed by atoms with E-state index in [9.17, 15) is 4.79 Å². The van der Waals surface area contributed by atoms with Crippen LogP contribution in [-0.2, 0) is 6.42 Å². The van der Waals surface area contributed by atoms with E-state index in [1.54, 1.807) is 0 Å². The molecule has 0 saturated heterocycles. The second kappa shape index (κ2) is 8.57. The second-order valence-electron chi connectivity index (χ2n) is 5.85. The summed E-state index contributed by atoms with van der Waals surface area (Å²) < 4.78 is 0. The molecule has 1 heterocycles. The molecule has 0 unspecified atom stereocenters. The van der Waals surface area contributed by atoms with Gasteiger partial charge in [-0.1, -0.05) is 57.7 Å². The van der Waals surface area contributed by atoms with Crippen LogP contribution in [0.2, 0.25) is 0 Å². The fourth-order valence-electron chi connectivity index (χ4n) is 2.86. The Bertz CT molecular complexity index is 682. The van der Waals surface area contributed by atoms with Crippen molar-refractivity contribution in [1.29, 1.82) is 0 Å². The molecule has 0 saturated carbocycles. The summed E-state index contributed by atoms with van der Waals surface area (Å²) in [6, 6.07) is 7.75. The number of unbranched alkanes of at least 4 members (excludes halogenated alkanes) is 5. The summed E-state index contributed by atoms with van der Waals surface area (Å²) in [6.45, 7) is 4.28. The van der Waals surface area contributed by atoms with Crippen molar-refractivity contribution in [3.8, 4) is 0 Å². The van der Waals surface area contributed by atoms with E-state index < -0.39 is 0 Å². The Morgan fingerprint density at radius 1 is 1.05 bits per heavy atom. The maximum absolute atomic E-state index is 12.5. The number of aromatic amines is 1.